The number of H-pyrrole nitrogens is 1. The number of nitrogens with one attached hydrogen (secondary N) is 2. The molecule has 2 saturated heterocycles. The van der Waals surface area contributed by atoms with Gasteiger partial charge in [-0.2, -0.15) is 0 Å². The van der Waals surface area contributed by atoms with E-state index in [2.05, 4.69) is 20.3 Å². The number of likely N-dealkylation sites (tertiary alicyclic amines) is 2. The van der Waals surface area contributed by atoms with Gasteiger partial charge in [0.25, 0.3) is 0 Å². The van der Waals surface area contributed by atoms with Crippen LogP contribution in [0.15, 0.2) is 48.7 Å². The Morgan fingerprint density at radius 1 is 0.969 bits per heavy atom. The lowest BCUT2D eigenvalue weighted by atomic mass is 9.92. The molecule has 0 bridgehead atoms. The van der Waals surface area contributed by atoms with Crippen LogP contribution in [0.1, 0.15) is 37.4 Å². The van der Waals surface area contributed by atoms with E-state index in [0.717, 1.165) is 42.1 Å². The summed E-state index contributed by atoms with van der Waals surface area (Å²) in [5, 5.41) is 2.93. The first kappa shape index (κ1) is 20.5. The van der Waals surface area contributed by atoms with E-state index in [1.54, 1.807) is 11.1 Å². The van der Waals surface area contributed by atoms with Gasteiger partial charge in [0.15, 0.2) is 5.65 Å². The first-order chi connectivity index (χ1) is 15.7. The minimum absolute atomic E-state index is 0.0214. The molecule has 166 valence electrons. The van der Waals surface area contributed by atoms with E-state index in [1.165, 1.54) is 0 Å². The van der Waals surface area contributed by atoms with Crippen LogP contribution in [0.2, 0.25) is 0 Å². The predicted octanol–water partition coefficient (Wildman–Crippen LogP) is 3.61. The van der Waals surface area contributed by atoms with Gasteiger partial charge in [-0.15, -0.1) is 0 Å². The highest BCUT2D eigenvalue weighted by molar-refractivity contribution is 5.89. The SMILES string of the molecule is O=C(Nc1ccccc1)N1CCC(C(=O)N2CCCC(c3nc4ncccc4[nH]3)C2)CC1. The van der Waals surface area contributed by atoms with Crippen molar-refractivity contribution >= 4 is 28.8 Å². The monoisotopic (exact) mass is 432 g/mol. The number of pyridine rings is 1. The molecule has 1 atom stereocenters. The number of hydrogen-bond acceptors (Lipinski definition) is 4. The van der Waals surface area contributed by atoms with E-state index in [4.69, 9.17) is 0 Å². The number of carbonyl (C=O) groups is 2. The number of fused-ring (bicyclic) bond motifs is 1. The molecule has 0 saturated carbocycles. The maximum Gasteiger partial charge on any atom is 0.321 e. The van der Waals surface area contributed by atoms with Crippen molar-refractivity contribution in [1.29, 1.82) is 0 Å². The van der Waals surface area contributed by atoms with Crippen LogP contribution in [-0.4, -0.2) is 62.9 Å². The number of para-hydroxylation sites is 1. The molecule has 2 aliphatic heterocycles. The van der Waals surface area contributed by atoms with E-state index < -0.39 is 0 Å². The maximum atomic E-state index is 13.2. The largest absolute Gasteiger partial charge is 0.342 e. The molecule has 0 aliphatic carbocycles. The van der Waals surface area contributed by atoms with Gasteiger partial charge in [-0.25, -0.2) is 14.8 Å². The molecule has 2 fully saturated rings. The summed E-state index contributed by atoms with van der Waals surface area (Å²) in [5.41, 5.74) is 2.45. The lowest BCUT2D eigenvalue weighted by Gasteiger charge is -2.37. The summed E-state index contributed by atoms with van der Waals surface area (Å²) in [6.07, 6.45) is 5.14. The summed E-state index contributed by atoms with van der Waals surface area (Å²) in [4.78, 5) is 41.9. The number of aromatic nitrogens is 3. The third-order valence-corrected chi connectivity index (χ3v) is 6.55. The number of urea groups is 1. The molecule has 8 heteroatoms. The zero-order valence-electron chi connectivity index (χ0n) is 18.0. The van der Waals surface area contributed by atoms with Crippen LogP contribution in [0.5, 0.6) is 0 Å². The number of amides is 3. The smallest absolute Gasteiger partial charge is 0.321 e. The van der Waals surface area contributed by atoms with Gasteiger partial charge < -0.3 is 20.1 Å². The van der Waals surface area contributed by atoms with Crippen LogP contribution >= 0.6 is 0 Å². The molecule has 3 aromatic rings. The summed E-state index contributed by atoms with van der Waals surface area (Å²) in [7, 11) is 0. The van der Waals surface area contributed by atoms with Crippen molar-refractivity contribution in [2.75, 3.05) is 31.5 Å². The van der Waals surface area contributed by atoms with Crippen LogP contribution < -0.4 is 5.32 Å². The molecule has 5 rings (SSSR count). The van der Waals surface area contributed by atoms with Crippen LogP contribution in [0.25, 0.3) is 11.2 Å². The predicted molar refractivity (Wildman–Crippen MR) is 122 cm³/mol. The molecule has 0 radical (unpaired) electrons. The summed E-state index contributed by atoms with van der Waals surface area (Å²) in [6.45, 7) is 2.68. The number of hydrogen-bond donors (Lipinski definition) is 2. The normalized spacial score (nSPS) is 19.8. The number of piperidine rings is 2. The third kappa shape index (κ3) is 4.30. The van der Waals surface area contributed by atoms with E-state index in [1.807, 2.05) is 47.4 Å². The molecule has 3 amide bonds. The quantitative estimate of drug-likeness (QED) is 0.661. The van der Waals surface area contributed by atoms with Gasteiger partial charge in [-0.3, -0.25) is 4.79 Å². The Labute approximate surface area is 187 Å². The topological polar surface area (TPSA) is 94.2 Å². The van der Waals surface area contributed by atoms with E-state index >= 15 is 0 Å². The molecule has 0 spiro atoms. The number of anilines is 1. The average molecular weight is 433 g/mol. The number of aromatic amines is 1. The van der Waals surface area contributed by atoms with E-state index in [9.17, 15) is 9.59 Å². The summed E-state index contributed by atoms with van der Waals surface area (Å²) < 4.78 is 0. The standard InChI is InChI=1S/C24H28N6O2/c31-23(17-10-14-29(15-11-17)24(32)26-19-7-2-1-3-8-19)30-13-5-6-18(16-30)21-27-20-9-4-12-25-22(20)28-21/h1-4,7-9,12,17-18H,5-6,10-11,13-16H2,(H,26,32)(H,25,27,28). The number of benzene rings is 1. The Bertz CT molecular complexity index is 1060. The fourth-order valence-corrected chi connectivity index (χ4v) is 4.77. The highest BCUT2D eigenvalue weighted by Crippen LogP contribution is 2.29. The second-order valence-corrected chi connectivity index (χ2v) is 8.68. The zero-order chi connectivity index (χ0) is 21.9. The minimum atomic E-state index is -0.0985. The molecule has 2 aliphatic rings. The molecule has 2 N–H and O–H groups in total. The maximum absolute atomic E-state index is 13.2. The van der Waals surface area contributed by atoms with Gasteiger partial charge in [0, 0.05) is 49.9 Å². The van der Waals surface area contributed by atoms with Crippen molar-refractivity contribution in [3.8, 4) is 0 Å². The van der Waals surface area contributed by atoms with Crippen molar-refractivity contribution in [3.05, 3.63) is 54.5 Å². The van der Waals surface area contributed by atoms with Crippen molar-refractivity contribution in [2.45, 2.75) is 31.6 Å². The van der Waals surface area contributed by atoms with E-state index in [0.29, 0.717) is 32.5 Å². The molecule has 8 nitrogen and oxygen atoms in total. The summed E-state index contributed by atoms with van der Waals surface area (Å²) in [6, 6.07) is 13.2. The van der Waals surface area contributed by atoms with Crippen LogP contribution in [0.4, 0.5) is 10.5 Å². The summed E-state index contributed by atoms with van der Waals surface area (Å²) >= 11 is 0. The van der Waals surface area contributed by atoms with Crippen molar-refractivity contribution in [3.63, 3.8) is 0 Å². The van der Waals surface area contributed by atoms with Crippen LogP contribution in [0, 0.1) is 5.92 Å². The number of imidazole rings is 1. The average Bonchev–Trinajstić information content (AvgIpc) is 3.29. The fourth-order valence-electron chi connectivity index (χ4n) is 4.77. The lowest BCUT2D eigenvalue weighted by Crippen LogP contribution is -2.47. The second kappa shape index (κ2) is 8.98. The molecule has 32 heavy (non-hydrogen) atoms. The van der Waals surface area contributed by atoms with Gasteiger partial charge in [-0.05, 0) is 49.9 Å². The summed E-state index contributed by atoms with van der Waals surface area (Å²) in [5.74, 6) is 1.32. The minimum Gasteiger partial charge on any atom is -0.342 e. The van der Waals surface area contributed by atoms with Gasteiger partial charge in [0.05, 0.1) is 5.52 Å². The molecule has 1 unspecified atom stereocenters. The van der Waals surface area contributed by atoms with Crippen molar-refractivity contribution in [1.82, 2.24) is 24.8 Å². The molecule has 2 aromatic heterocycles. The Morgan fingerprint density at radius 2 is 1.78 bits per heavy atom. The Morgan fingerprint density at radius 3 is 2.56 bits per heavy atom. The van der Waals surface area contributed by atoms with Crippen molar-refractivity contribution < 1.29 is 9.59 Å². The lowest BCUT2D eigenvalue weighted by molar-refractivity contribution is -0.138. The van der Waals surface area contributed by atoms with Crippen molar-refractivity contribution in [2.24, 2.45) is 5.92 Å². The zero-order valence-corrected chi connectivity index (χ0v) is 18.0. The highest BCUT2D eigenvalue weighted by atomic mass is 16.2. The molecular formula is C24H28N6O2. The van der Waals surface area contributed by atoms with Crippen LogP contribution in [0.3, 0.4) is 0 Å². The Balaban J connectivity index is 1.16. The Kier molecular flexibility index (Phi) is 5.75. The highest BCUT2D eigenvalue weighted by Gasteiger charge is 2.33. The molecular weight excluding hydrogens is 404 g/mol. The number of carbonyl (C=O) groups excluding carboxylic acids is 2. The van der Waals surface area contributed by atoms with Gasteiger partial charge in [-0.1, -0.05) is 18.2 Å². The Hall–Kier alpha value is -3.42. The van der Waals surface area contributed by atoms with E-state index in [-0.39, 0.29) is 23.8 Å². The first-order valence-corrected chi connectivity index (χ1v) is 11.4. The first-order valence-electron chi connectivity index (χ1n) is 11.4. The van der Waals surface area contributed by atoms with Gasteiger partial charge >= 0.3 is 6.03 Å². The van der Waals surface area contributed by atoms with Gasteiger partial charge in [0.2, 0.25) is 5.91 Å². The molecule has 4 heterocycles. The third-order valence-electron chi connectivity index (χ3n) is 6.55. The number of rotatable bonds is 3. The fraction of sp³-hybridized carbons (Fsp3) is 0.417. The van der Waals surface area contributed by atoms with Gasteiger partial charge in [0.1, 0.15) is 5.82 Å². The number of nitrogens with zero attached hydrogens (tertiary/aromatic N) is 4. The van der Waals surface area contributed by atoms with Crippen LogP contribution in [-0.2, 0) is 4.79 Å². The molecule has 1 aromatic carbocycles. The second-order valence-electron chi connectivity index (χ2n) is 8.68.